The number of amides is 2. The van der Waals surface area contributed by atoms with Crippen LogP contribution in [0.4, 0.5) is 0 Å². The molecule has 0 aliphatic carbocycles. The van der Waals surface area contributed by atoms with Gasteiger partial charge in [0, 0.05) is 24.8 Å². The molecule has 0 bridgehead atoms. The first-order chi connectivity index (χ1) is 12.5. The standard InChI is InChI=1S/C18H24N4O4S/c1-18(2,3)20-16(23)15-19-14(13-7-5-6-9-22(13)15)17(24)21(4)12-8-10-27(25,26)11-12/h5-7,9,12H,8,10-11H2,1-4H3,(H,20,23). The number of sulfone groups is 1. The molecular weight excluding hydrogens is 368 g/mol. The summed E-state index contributed by atoms with van der Waals surface area (Å²) in [5.74, 6) is -0.614. The van der Waals surface area contributed by atoms with Crippen molar-refractivity contribution in [1.82, 2.24) is 19.6 Å². The van der Waals surface area contributed by atoms with Crippen LogP contribution < -0.4 is 5.32 Å². The van der Waals surface area contributed by atoms with Crippen molar-refractivity contribution in [1.29, 1.82) is 0 Å². The predicted molar refractivity (Wildman–Crippen MR) is 102 cm³/mol. The van der Waals surface area contributed by atoms with Crippen molar-refractivity contribution in [3.05, 3.63) is 35.9 Å². The Morgan fingerprint density at radius 1 is 1.30 bits per heavy atom. The number of aromatic nitrogens is 2. The largest absolute Gasteiger partial charge is 0.345 e. The Morgan fingerprint density at radius 2 is 2.00 bits per heavy atom. The van der Waals surface area contributed by atoms with Crippen LogP contribution in [0.25, 0.3) is 5.52 Å². The Kier molecular flexibility index (Phi) is 4.75. The number of hydrogen-bond acceptors (Lipinski definition) is 5. The van der Waals surface area contributed by atoms with Crippen molar-refractivity contribution < 1.29 is 18.0 Å². The molecule has 146 valence electrons. The highest BCUT2D eigenvalue weighted by Gasteiger charge is 2.35. The van der Waals surface area contributed by atoms with Gasteiger partial charge in [-0.1, -0.05) is 6.07 Å². The van der Waals surface area contributed by atoms with Crippen LogP contribution in [-0.4, -0.2) is 64.7 Å². The molecule has 0 spiro atoms. The quantitative estimate of drug-likeness (QED) is 0.844. The molecule has 2 aromatic heterocycles. The Morgan fingerprint density at radius 3 is 2.59 bits per heavy atom. The van der Waals surface area contributed by atoms with Crippen LogP contribution in [0.2, 0.25) is 0 Å². The summed E-state index contributed by atoms with van der Waals surface area (Å²) < 4.78 is 25.0. The molecule has 1 N–H and O–H groups in total. The minimum Gasteiger partial charge on any atom is -0.345 e. The van der Waals surface area contributed by atoms with Crippen molar-refractivity contribution in [2.75, 3.05) is 18.6 Å². The van der Waals surface area contributed by atoms with E-state index in [9.17, 15) is 18.0 Å². The van der Waals surface area contributed by atoms with Gasteiger partial charge in [-0.3, -0.25) is 14.0 Å². The average molecular weight is 392 g/mol. The number of pyridine rings is 1. The van der Waals surface area contributed by atoms with Crippen molar-refractivity contribution in [3.8, 4) is 0 Å². The summed E-state index contributed by atoms with van der Waals surface area (Å²) in [6.45, 7) is 5.59. The maximum atomic E-state index is 13.0. The monoisotopic (exact) mass is 392 g/mol. The fourth-order valence-electron chi connectivity index (χ4n) is 3.17. The first-order valence-electron chi connectivity index (χ1n) is 8.76. The van der Waals surface area contributed by atoms with Crippen LogP contribution in [0.5, 0.6) is 0 Å². The molecule has 1 aliphatic heterocycles. The highest BCUT2D eigenvalue weighted by Crippen LogP contribution is 2.21. The minimum atomic E-state index is -3.11. The topological polar surface area (TPSA) is 101 Å². The second kappa shape index (κ2) is 6.63. The molecule has 8 nitrogen and oxygen atoms in total. The van der Waals surface area contributed by atoms with E-state index in [0.717, 1.165) is 0 Å². The van der Waals surface area contributed by atoms with Gasteiger partial charge in [0.25, 0.3) is 11.8 Å². The third-order valence-electron chi connectivity index (χ3n) is 4.52. The van der Waals surface area contributed by atoms with Gasteiger partial charge in [-0.05, 0) is 39.3 Å². The minimum absolute atomic E-state index is 0.0433. The van der Waals surface area contributed by atoms with E-state index in [4.69, 9.17) is 0 Å². The van der Waals surface area contributed by atoms with Crippen LogP contribution in [0.15, 0.2) is 24.4 Å². The summed E-state index contributed by atoms with van der Waals surface area (Å²) in [4.78, 5) is 31.4. The molecule has 1 unspecified atom stereocenters. The lowest BCUT2D eigenvalue weighted by molar-refractivity contribution is 0.0744. The molecule has 1 atom stereocenters. The van der Waals surface area contributed by atoms with Gasteiger partial charge < -0.3 is 10.2 Å². The molecule has 27 heavy (non-hydrogen) atoms. The number of carbonyl (C=O) groups excluding carboxylic acids is 2. The van der Waals surface area contributed by atoms with E-state index in [1.54, 1.807) is 35.8 Å². The number of fused-ring (bicyclic) bond motifs is 1. The van der Waals surface area contributed by atoms with Crippen LogP contribution in [0.3, 0.4) is 0 Å². The van der Waals surface area contributed by atoms with Gasteiger partial charge in [-0.25, -0.2) is 13.4 Å². The lowest BCUT2D eigenvalue weighted by Crippen LogP contribution is -2.41. The summed E-state index contributed by atoms with van der Waals surface area (Å²) in [6, 6.07) is 4.85. The Hall–Kier alpha value is -2.42. The van der Waals surface area contributed by atoms with Gasteiger partial charge >= 0.3 is 0 Å². The van der Waals surface area contributed by atoms with Gasteiger partial charge in [-0.2, -0.15) is 0 Å². The van der Waals surface area contributed by atoms with Gasteiger partial charge in [0.1, 0.15) is 0 Å². The van der Waals surface area contributed by atoms with E-state index in [1.165, 1.54) is 4.90 Å². The maximum Gasteiger partial charge on any atom is 0.288 e. The average Bonchev–Trinajstić information content (AvgIpc) is 3.12. The third-order valence-corrected chi connectivity index (χ3v) is 6.27. The molecule has 0 saturated carbocycles. The molecule has 0 radical (unpaired) electrons. The van der Waals surface area contributed by atoms with Crippen LogP contribution in [-0.2, 0) is 9.84 Å². The maximum absolute atomic E-state index is 13.0. The fourth-order valence-corrected chi connectivity index (χ4v) is 4.94. The molecule has 2 amide bonds. The molecule has 2 aromatic rings. The van der Waals surface area contributed by atoms with E-state index in [-0.39, 0.29) is 35.0 Å². The van der Waals surface area contributed by atoms with Crippen LogP contribution >= 0.6 is 0 Å². The lowest BCUT2D eigenvalue weighted by atomic mass is 10.1. The number of carbonyl (C=O) groups is 2. The highest BCUT2D eigenvalue weighted by molar-refractivity contribution is 7.91. The zero-order valence-electron chi connectivity index (χ0n) is 15.9. The molecular formula is C18H24N4O4S. The summed E-state index contributed by atoms with van der Waals surface area (Å²) >= 11 is 0. The van der Waals surface area contributed by atoms with Crippen molar-refractivity contribution in [2.24, 2.45) is 0 Å². The zero-order valence-corrected chi connectivity index (χ0v) is 16.7. The van der Waals surface area contributed by atoms with E-state index in [2.05, 4.69) is 10.3 Å². The van der Waals surface area contributed by atoms with E-state index >= 15 is 0 Å². The molecule has 3 rings (SSSR count). The van der Waals surface area contributed by atoms with Crippen LogP contribution in [0, 0.1) is 0 Å². The number of imidazole rings is 1. The zero-order chi connectivity index (χ0) is 20.0. The number of nitrogens with zero attached hydrogens (tertiary/aromatic N) is 3. The third kappa shape index (κ3) is 3.97. The second-order valence-electron chi connectivity index (χ2n) is 7.92. The van der Waals surface area contributed by atoms with Gasteiger partial charge in [0.15, 0.2) is 15.5 Å². The molecule has 1 fully saturated rings. The highest BCUT2D eigenvalue weighted by atomic mass is 32.2. The molecule has 9 heteroatoms. The summed E-state index contributed by atoms with van der Waals surface area (Å²) in [7, 11) is -1.53. The van der Waals surface area contributed by atoms with Gasteiger partial charge in [0.05, 0.1) is 17.0 Å². The normalized spacial score (nSPS) is 19.2. The number of rotatable bonds is 3. The van der Waals surface area contributed by atoms with Crippen molar-refractivity contribution in [3.63, 3.8) is 0 Å². The Balaban J connectivity index is 1.97. The summed E-state index contributed by atoms with van der Waals surface area (Å²) in [5.41, 5.74) is 0.201. The van der Waals surface area contributed by atoms with Crippen molar-refractivity contribution >= 4 is 27.2 Å². The van der Waals surface area contributed by atoms with E-state index in [0.29, 0.717) is 11.9 Å². The smallest absolute Gasteiger partial charge is 0.288 e. The second-order valence-corrected chi connectivity index (χ2v) is 10.1. The van der Waals surface area contributed by atoms with Crippen LogP contribution in [0.1, 0.15) is 48.3 Å². The van der Waals surface area contributed by atoms with Gasteiger partial charge in [0.2, 0.25) is 5.82 Å². The Labute approximate surface area is 158 Å². The fraction of sp³-hybridized carbons (Fsp3) is 0.500. The Bertz CT molecular complexity index is 1000. The number of hydrogen-bond donors (Lipinski definition) is 1. The molecule has 3 heterocycles. The summed E-state index contributed by atoms with van der Waals surface area (Å²) in [6.07, 6.45) is 2.09. The first-order valence-corrected chi connectivity index (χ1v) is 10.6. The van der Waals surface area contributed by atoms with E-state index in [1.807, 2.05) is 20.8 Å². The van der Waals surface area contributed by atoms with Crippen molar-refractivity contribution in [2.45, 2.75) is 38.8 Å². The molecule has 0 aromatic carbocycles. The number of nitrogens with one attached hydrogen (secondary N) is 1. The van der Waals surface area contributed by atoms with Gasteiger partial charge in [-0.15, -0.1) is 0 Å². The van der Waals surface area contributed by atoms with E-state index < -0.39 is 21.3 Å². The predicted octanol–water partition coefficient (Wildman–Crippen LogP) is 1.12. The first kappa shape index (κ1) is 19.3. The SMILES string of the molecule is CN(C(=O)c1nc(C(=O)NC(C)(C)C)n2ccccc12)C1CCS(=O)(=O)C1. The lowest BCUT2D eigenvalue weighted by Gasteiger charge is -2.22. The molecule has 1 saturated heterocycles. The summed E-state index contributed by atoms with van der Waals surface area (Å²) in [5, 5.41) is 2.85. The molecule has 1 aliphatic rings.